The Morgan fingerprint density at radius 2 is 1.67 bits per heavy atom. The molecule has 0 bridgehead atoms. The lowest BCUT2D eigenvalue weighted by Gasteiger charge is -2.14. The van der Waals surface area contributed by atoms with E-state index in [2.05, 4.69) is 0 Å². The number of esters is 1. The molecule has 0 spiro atoms. The highest BCUT2D eigenvalue weighted by atomic mass is 35.5. The third kappa shape index (κ3) is 3.92. The molecule has 0 amide bonds. The van der Waals surface area contributed by atoms with E-state index in [4.69, 9.17) is 16.3 Å². The summed E-state index contributed by atoms with van der Waals surface area (Å²) in [4.78, 5) is 24.2. The fourth-order valence-electron chi connectivity index (χ4n) is 2.10. The van der Waals surface area contributed by atoms with Crippen molar-refractivity contribution >= 4 is 23.4 Å². The van der Waals surface area contributed by atoms with Crippen LogP contribution in [-0.2, 0) is 9.53 Å². The van der Waals surface area contributed by atoms with Crippen molar-refractivity contribution < 1.29 is 14.3 Å². The molecule has 0 aliphatic carbocycles. The second-order valence-corrected chi connectivity index (χ2v) is 5.06. The van der Waals surface area contributed by atoms with E-state index in [9.17, 15) is 9.59 Å². The highest BCUT2D eigenvalue weighted by Crippen LogP contribution is 2.24. The molecule has 2 rings (SSSR count). The monoisotopic (exact) mass is 302 g/mol. The Balaban J connectivity index is 2.23. The van der Waals surface area contributed by atoms with E-state index in [-0.39, 0.29) is 12.2 Å². The van der Waals surface area contributed by atoms with E-state index in [1.807, 2.05) is 6.07 Å². The molecular formula is C17H15ClO3. The van der Waals surface area contributed by atoms with Gasteiger partial charge in [0, 0.05) is 17.0 Å². The van der Waals surface area contributed by atoms with E-state index in [0.717, 1.165) is 5.56 Å². The lowest BCUT2D eigenvalue weighted by molar-refractivity contribution is -0.142. The lowest BCUT2D eigenvalue weighted by atomic mass is 9.91. The van der Waals surface area contributed by atoms with Crippen LogP contribution in [0, 0.1) is 0 Å². The molecule has 0 heterocycles. The molecule has 0 radical (unpaired) electrons. The van der Waals surface area contributed by atoms with E-state index < -0.39 is 11.9 Å². The molecule has 0 saturated carbocycles. The van der Waals surface area contributed by atoms with Crippen LogP contribution in [-0.4, -0.2) is 18.9 Å². The number of carbonyl (C=O) groups excluding carboxylic acids is 2. The van der Waals surface area contributed by atoms with Crippen molar-refractivity contribution in [2.24, 2.45) is 0 Å². The van der Waals surface area contributed by atoms with Gasteiger partial charge in [0.1, 0.15) is 0 Å². The van der Waals surface area contributed by atoms with Crippen molar-refractivity contribution in [2.75, 3.05) is 7.11 Å². The Hall–Kier alpha value is -2.13. The van der Waals surface area contributed by atoms with Gasteiger partial charge in [0.25, 0.3) is 0 Å². The number of halogens is 1. The molecule has 0 fully saturated rings. The van der Waals surface area contributed by atoms with Crippen LogP contribution in [0.1, 0.15) is 28.3 Å². The summed E-state index contributed by atoms with van der Waals surface area (Å²) < 4.78 is 4.81. The normalized spacial score (nSPS) is 11.7. The first-order chi connectivity index (χ1) is 10.1. The summed E-state index contributed by atoms with van der Waals surface area (Å²) >= 11 is 5.85. The Labute approximate surface area is 128 Å². The molecule has 2 aromatic carbocycles. The van der Waals surface area contributed by atoms with Gasteiger partial charge in [-0.2, -0.15) is 0 Å². The van der Waals surface area contributed by atoms with Crippen molar-refractivity contribution in [2.45, 2.75) is 12.3 Å². The molecule has 108 valence electrons. The van der Waals surface area contributed by atoms with Crippen molar-refractivity contribution in [3.63, 3.8) is 0 Å². The lowest BCUT2D eigenvalue weighted by Crippen LogP contribution is -2.18. The van der Waals surface area contributed by atoms with Gasteiger partial charge in [0.05, 0.1) is 13.0 Å². The molecule has 0 saturated heterocycles. The largest absolute Gasteiger partial charge is 0.469 e. The molecule has 4 heteroatoms. The average molecular weight is 303 g/mol. The first-order valence-electron chi connectivity index (χ1n) is 6.53. The van der Waals surface area contributed by atoms with Crippen molar-refractivity contribution in [3.05, 3.63) is 70.7 Å². The van der Waals surface area contributed by atoms with Crippen molar-refractivity contribution in [3.8, 4) is 0 Å². The summed E-state index contributed by atoms with van der Waals surface area (Å²) in [6, 6.07) is 15.8. The third-order valence-corrected chi connectivity index (χ3v) is 3.50. The van der Waals surface area contributed by atoms with Gasteiger partial charge in [-0.3, -0.25) is 9.59 Å². The smallest absolute Gasteiger partial charge is 0.313 e. The Kier molecular flexibility index (Phi) is 5.12. The van der Waals surface area contributed by atoms with Gasteiger partial charge in [-0.05, 0) is 17.7 Å². The van der Waals surface area contributed by atoms with Gasteiger partial charge in [-0.15, -0.1) is 0 Å². The summed E-state index contributed by atoms with van der Waals surface area (Å²) in [7, 11) is 1.32. The molecular weight excluding hydrogens is 288 g/mol. The molecule has 2 aromatic rings. The fourth-order valence-corrected chi connectivity index (χ4v) is 2.23. The summed E-state index contributed by atoms with van der Waals surface area (Å²) in [6.45, 7) is 0. The van der Waals surface area contributed by atoms with Crippen LogP contribution in [0.4, 0.5) is 0 Å². The minimum atomic E-state index is -0.625. The number of ketones is 1. The first kappa shape index (κ1) is 15.3. The van der Waals surface area contributed by atoms with Crippen LogP contribution >= 0.6 is 11.6 Å². The molecule has 0 N–H and O–H groups in total. The van der Waals surface area contributed by atoms with E-state index in [1.165, 1.54) is 7.11 Å². The van der Waals surface area contributed by atoms with Gasteiger partial charge < -0.3 is 4.74 Å². The molecule has 0 aliphatic rings. The summed E-state index contributed by atoms with van der Waals surface area (Å²) in [6.07, 6.45) is 0.0678. The maximum absolute atomic E-state index is 12.3. The van der Waals surface area contributed by atoms with Gasteiger partial charge in [-0.1, -0.05) is 54.1 Å². The minimum Gasteiger partial charge on any atom is -0.469 e. The number of carbonyl (C=O) groups is 2. The van der Waals surface area contributed by atoms with Gasteiger partial charge >= 0.3 is 5.97 Å². The summed E-state index contributed by atoms with van der Waals surface area (Å²) in [5, 5.41) is 0.580. The standard InChI is InChI=1S/C17H15ClO3/c1-21-17(20)15(12-7-9-14(18)10-8-12)11-16(19)13-5-3-2-4-6-13/h2-10,15H,11H2,1H3/t15-/m0/s1. The highest BCUT2D eigenvalue weighted by Gasteiger charge is 2.25. The Morgan fingerprint density at radius 3 is 2.24 bits per heavy atom. The predicted octanol–water partition coefficient (Wildman–Crippen LogP) is 3.87. The van der Waals surface area contributed by atoms with E-state index in [0.29, 0.717) is 10.6 Å². The van der Waals surface area contributed by atoms with Crippen molar-refractivity contribution in [1.82, 2.24) is 0 Å². The predicted molar refractivity (Wildman–Crippen MR) is 81.6 cm³/mol. The van der Waals surface area contributed by atoms with Gasteiger partial charge in [-0.25, -0.2) is 0 Å². The molecule has 3 nitrogen and oxygen atoms in total. The van der Waals surface area contributed by atoms with Crippen LogP contribution in [0.5, 0.6) is 0 Å². The first-order valence-corrected chi connectivity index (χ1v) is 6.91. The topological polar surface area (TPSA) is 43.4 Å². The maximum atomic E-state index is 12.3. The van der Waals surface area contributed by atoms with Crippen LogP contribution in [0.3, 0.4) is 0 Å². The maximum Gasteiger partial charge on any atom is 0.313 e. The zero-order chi connectivity index (χ0) is 15.2. The summed E-state index contributed by atoms with van der Waals surface area (Å²) in [5.74, 6) is -1.15. The summed E-state index contributed by atoms with van der Waals surface area (Å²) in [5.41, 5.74) is 1.30. The second-order valence-electron chi connectivity index (χ2n) is 4.62. The van der Waals surface area contributed by atoms with Crippen LogP contribution < -0.4 is 0 Å². The molecule has 0 aliphatic heterocycles. The SMILES string of the molecule is COC(=O)[C@@H](CC(=O)c1ccccc1)c1ccc(Cl)cc1. The zero-order valence-electron chi connectivity index (χ0n) is 11.6. The zero-order valence-corrected chi connectivity index (χ0v) is 12.3. The molecule has 0 aromatic heterocycles. The average Bonchev–Trinajstić information content (AvgIpc) is 2.53. The number of benzene rings is 2. The third-order valence-electron chi connectivity index (χ3n) is 3.24. The number of Topliss-reactive ketones (excluding diaryl/α,β-unsaturated/α-hetero) is 1. The van der Waals surface area contributed by atoms with Gasteiger partial charge in [0.2, 0.25) is 0 Å². The number of methoxy groups -OCH3 is 1. The quantitative estimate of drug-likeness (QED) is 0.622. The van der Waals surface area contributed by atoms with Gasteiger partial charge in [0.15, 0.2) is 5.78 Å². The van der Waals surface area contributed by atoms with Crippen LogP contribution in [0.2, 0.25) is 5.02 Å². The molecule has 0 unspecified atom stereocenters. The molecule has 21 heavy (non-hydrogen) atoms. The number of rotatable bonds is 5. The Bertz CT molecular complexity index is 620. The number of hydrogen-bond donors (Lipinski definition) is 0. The second kappa shape index (κ2) is 7.04. The highest BCUT2D eigenvalue weighted by molar-refractivity contribution is 6.30. The fraction of sp³-hybridized carbons (Fsp3) is 0.176. The Morgan fingerprint density at radius 1 is 1.05 bits per heavy atom. The van der Waals surface area contributed by atoms with Crippen molar-refractivity contribution in [1.29, 1.82) is 0 Å². The van der Waals surface area contributed by atoms with Crippen LogP contribution in [0.15, 0.2) is 54.6 Å². The number of ether oxygens (including phenoxy) is 1. The van der Waals surface area contributed by atoms with E-state index >= 15 is 0 Å². The number of hydrogen-bond acceptors (Lipinski definition) is 3. The minimum absolute atomic E-state index is 0.0678. The van der Waals surface area contributed by atoms with E-state index in [1.54, 1.807) is 48.5 Å². The van der Waals surface area contributed by atoms with Crippen LogP contribution in [0.25, 0.3) is 0 Å². The molecule has 1 atom stereocenters.